The Labute approximate surface area is 129 Å². The third-order valence-corrected chi connectivity index (χ3v) is 3.40. The summed E-state index contributed by atoms with van der Waals surface area (Å²) in [6.07, 6.45) is 1.15. The van der Waals surface area contributed by atoms with Crippen molar-refractivity contribution in [1.82, 2.24) is 4.98 Å². The van der Waals surface area contributed by atoms with E-state index in [0.29, 0.717) is 5.02 Å². The summed E-state index contributed by atoms with van der Waals surface area (Å²) in [7, 11) is 0. The minimum Gasteiger partial charge on any atom is -0.503 e. The maximum atomic E-state index is 12.5. The van der Waals surface area contributed by atoms with Crippen molar-refractivity contribution in [2.24, 2.45) is 0 Å². The predicted molar refractivity (Wildman–Crippen MR) is 83.4 cm³/mol. The minimum absolute atomic E-state index is 0.0971. The molecular weight excluding hydrogens is 310 g/mol. The van der Waals surface area contributed by atoms with Crippen LogP contribution >= 0.6 is 11.6 Å². The molecule has 6 nitrogen and oxygen atoms in total. The van der Waals surface area contributed by atoms with Crippen molar-refractivity contribution in [2.45, 2.75) is 13.3 Å². The number of carboxylic acid groups (broad SMARTS) is 1. The number of hydrogen-bond acceptors (Lipinski definition) is 4. The highest BCUT2D eigenvalue weighted by Crippen LogP contribution is 2.18. The van der Waals surface area contributed by atoms with Crippen molar-refractivity contribution in [2.75, 3.05) is 0 Å². The number of rotatable bonds is 3. The Kier molecular flexibility index (Phi) is 4.32. The third-order valence-electron chi connectivity index (χ3n) is 3.16. The molecule has 0 amide bonds. The topological polar surface area (TPSA) is 107 Å². The van der Waals surface area contributed by atoms with E-state index in [9.17, 15) is 19.5 Å². The van der Waals surface area contributed by atoms with E-state index in [1.54, 1.807) is 6.92 Å². The largest absolute Gasteiger partial charge is 0.503 e. The molecule has 2 aromatic rings. The van der Waals surface area contributed by atoms with E-state index in [1.807, 2.05) is 0 Å². The van der Waals surface area contributed by atoms with Gasteiger partial charge in [0.1, 0.15) is 0 Å². The molecule has 1 aromatic carbocycles. The summed E-state index contributed by atoms with van der Waals surface area (Å²) in [5.41, 5.74) is -1.86. The van der Waals surface area contributed by atoms with Gasteiger partial charge in [-0.05, 0) is 30.7 Å². The molecule has 0 radical (unpaired) electrons. The van der Waals surface area contributed by atoms with Gasteiger partial charge in [-0.3, -0.25) is 9.59 Å². The van der Waals surface area contributed by atoms with Crippen LogP contribution in [-0.4, -0.2) is 21.2 Å². The van der Waals surface area contributed by atoms with E-state index in [1.165, 1.54) is 18.2 Å². The van der Waals surface area contributed by atoms with Crippen LogP contribution in [0, 0.1) is 0 Å². The number of aromatic amines is 1. The van der Waals surface area contributed by atoms with E-state index in [-0.39, 0.29) is 28.5 Å². The molecule has 2 rings (SSSR count). The Bertz CT molecular complexity index is 914. The molecule has 0 saturated heterocycles. The Hall–Kier alpha value is -2.60. The van der Waals surface area contributed by atoms with Crippen LogP contribution in [-0.2, 0) is 4.79 Å². The molecule has 7 heteroatoms. The lowest BCUT2D eigenvalue weighted by atomic mass is 10.1. The Balaban J connectivity index is 2.98. The monoisotopic (exact) mass is 321 g/mol. The van der Waals surface area contributed by atoms with Crippen LogP contribution in [0.3, 0.4) is 0 Å². The predicted octanol–water partition coefficient (Wildman–Crippen LogP) is 2.13. The number of carboxylic acids is 1. The highest BCUT2D eigenvalue weighted by atomic mass is 35.5. The number of aromatic hydroxyl groups is 1. The van der Waals surface area contributed by atoms with Gasteiger partial charge in [0.25, 0.3) is 5.56 Å². The Morgan fingerprint density at radius 1 is 1.36 bits per heavy atom. The van der Waals surface area contributed by atoms with Crippen molar-refractivity contribution in [1.29, 1.82) is 0 Å². The van der Waals surface area contributed by atoms with Gasteiger partial charge in [0.15, 0.2) is 11.2 Å². The third kappa shape index (κ3) is 2.87. The van der Waals surface area contributed by atoms with Gasteiger partial charge in [-0.1, -0.05) is 18.5 Å². The van der Waals surface area contributed by atoms with E-state index >= 15 is 0 Å². The number of halogens is 1. The van der Waals surface area contributed by atoms with Gasteiger partial charge in [-0.25, -0.2) is 4.79 Å². The van der Waals surface area contributed by atoms with Crippen molar-refractivity contribution in [3.05, 3.63) is 54.9 Å². The number of fused-ring (bicyclic) bond motifs is 1. The molecule has 0 saturated carbocycles. The Morgan fingerprint density at radius 2 is 2.05 bits per heavy atom. The fraction of sp³-hybridized carbons (Fsp3) is 0.133. The number of nitrogens with one attached hydrogen (secondary N) is 1. The fourth-order valence-electron chi connectivity index (χ4n) is 2.00. The van der Waals surface area contributed by atoms with E-state index in [2.05, 4.69) is 4.98 Å². The fourth-order valence-corrected chi connectivity index (χ4v) is 2.17. The highest BCUT2D eigenvalue weighted by Gasteiger charge is 2.14. The molecule has 0 aliphatic rings. The number of aliphatic carboxylic acids is 1. The molecular formula is C15H12ClNO5. The minimum atomic E-state index is -1.23. The summed E-state index contributed by atoms with van der Waals surface area (Å²) in [4.78, 5) is 37.8. The lowest BCUT2D eigenvalue weighted by Crippen LogP contribution is -2.08. The lowest BCUT2D eigenvalue weighted by Gasteiger charge is -1.98. The average Bonchev–Trinajstić information content (AvgIpc) is 2.54. The summed E-state index contributed by atoms with van der Waals surface area (Å²) in [6.45, 7) is 1.59. The molecule has 0 fully saturated rings. The molecule has 22 heavy (non-hydrogen) atoms. The standard InChI is InChI=1S/C15H12ClNO5/c1-2-7(15(21)22)5-10-12(18)9-4-3-8(16)6-11(9)17-14(20)13(10)19/h3-6,19H,2H2,1H3,(H,17,20)(H,21,22)/b7-5+. The van der Waals surface area contributed by atoms with Gasteiger partial charge < -0.3 is 15.2 Å². The normalized spacial score (nSPS) is 11.6. The van der Waals surface area contributed by atoms with Crippen LogP contribution in [0.5, 0.6) is 5.75 Å². The summed E-state index contributed by atoms with van der Waals surface area (Å²) in [5.74, 6) is -2.05. The average molecular weight is 322 g/mol. The van der Waals surface area contributed by atoms with Gasteiger partial charge in [0.2, 0.25) is 0 Å². The molecule has 0 unspecified atom stereocenters. The molecule has 3 N–H and O–H groups in total. The lowest BCUT2D eigenvalue weighted by molar-refractivity contribution is -0.132. The number of carbonyl (C=O) groups is 1. The van der Waals surface area contributed by atoms with Crippen LogP contribution in [0.15, 0.2) is 33.4 Å². The zero-order chi connectivity index (χ0) is 16.4. The summed E-state index contributed by atoms with van der Waals surface area (Å²) >= 11 is 5.82. The second-order valence-corrected chi connectivity index (χ2v) is 5.00. The smallest absolute Gasteiger partial charge is 0.331 e. The first kappa shape index (κ1) is 15.8. The van der Waals surface area contributed by atoms with Gasteiger partial charge in [-0.15, -0.1) is 0 Å². The van der Waals surface area contributed by atoms with E-state index in [4.69, 9.17) is 16.7 Å². The van der Waals surface area contributed by atoms with Crippen LogP contribution in [0.4, 0.5) is 0 Å². The summed E-state index contributed by atoms with van der Waals surface area (Å²) in [5, 5.41) is 19.4. The molecule has 114 valence electrons. The second kappa shape index (κ2) is 6.03. The second-order valence-electron chi connectivity index (χ2n) is 4.56. The van der Waals surface area contributed by atoms with Crippen molar-refractivity contribution in [3.63, 3.8) is 0 Å². The van der Waals surface area contributed by atoms with Gasteiger partial charge in [0, 0.05) is 16.0 Å². The number of aromatic nitrogens is 1. The van der Waals surface area contributed by atoms with Gasteiger partial charge in [-0.2, -0.15) is 0 Å². The number of hydrogen-bond donors (Lipinski definition) is 3. The van der Waals surface area contributed by atoms with Crippen LogP contribution in [0.25, 0.3) is 17.0 Å². The molecule has 0 aliphatic heterocycles. The summed E-state index contributed by atoms with van der Waals surface area (Å²) < 4.78 is 0. The van der Waals surface area contributed by atoms with Crippen molar-refractivity contribution < 1.29 is 15.0 Å². The van der Waals surface area contributed by atoms with Crippen molar-refractivity contribution in [3.8, 4) is 5.75 Å². The first-order valence-electron chi connectivity index (χ1n) is 6.37. The molecule has 1 aromatic heterocycles. The highest BCUT2D eigenvalue weighted by molar-refractivity contribution is 6.31. The zero-order valence-electron chi connectivity index (χ0n) is 11.5. The van der Waals surface area contributed by atoms with Crippen molar-refractivity contribution >= 4 is 34.5 Å². The first-order valence-corrected chi connectivity index (χ1v) is 6.75. The zero-order valence-corrected chi connectivity index (χ0v) is 12.3. The number of H-pyrrole nitrogens is 1. The SMILES string of the molecule is CC/C(=C\c1c(O)c(=O)[nH]c2cc(Cl)ccc2c1=O)C(=O)O. The molecule has 1 heterocycles. The molecule has 0 bridgehead atoms. The van der Waals surface area contributed by atoms with Gasteiger partial charge >= 0.3 is 5.97 Å². The summed E-state index contributed by atoms with van der Waals surface area (Å²) in [6, 6.07) is 4.25. The first-order chi connectivity index (χ1) is 10.3. The molecule has 0 aliphatic carbocycles. The number of benzene rings is 1. The van der Waals surface area contributed by atoms with Crippen LogP contribution in [0.1, 0.15) is 18.9 Å². The maximum Gasteiger partial charge on any atom is 0.331 e. The maximum absolute atomic E-state index is 12.5. The molecule has 0 atom stereocenters. The van der Waals surface area contributed by atoms with E-state index in [0.717, 1.165) is 6.08 Å². The molecule has 0 spiro atoms. The Morgan fingerprint density at radius 3 is 2.64 bits per heavy atom. The van der Waals surface area contributed by atoms with Crippen LogP contribution < -0.4 is 11.0 Å². The quantitative estimate of drug-likeness (QED) is 0.751. The van der Waals surface area contributed by atoms with Gasteiger partial charge in [0.05, 0.1) is 11.1 Å². The van der Waals surface area contributed by atoms with Crippen LogP contribution in [0.2, 0.25) is 5.02 Å². The van der Waals surface area contributed by atoms with E-state index < -0.39 is 22.7 Å².